The SMILES string of the molecule is Cc1nnc(CN2CC(O)CC2c2cccc(F)c2)o1. The van der Waals surface area contributed by atoms with Gasteiger partial charge in [0.05, 0.1) is 12.6 Å². The van der Waals surface area contributed by atoms with Crippen LogP contribution in [0.25, 0.3) is 0 Å². The first-order valence-electron chi connectivity index (χ1n) is 6.58. The Morgan fingerprint density at radius 3 is 3.00 bits per heavy atom. The summed E-state index contributed by atoms with van der Waals surface area (Å²) in [6.45, 7) is 2.71. The Bertz CT molecular complexity index is 602. The van der Waals surface area contributed by atoms with Gasteiger partial charge in [0.1, 0.15) is 5.82 Å². The van der Waals surface area contributed by atoms with Crippen molar-refractivity contribution in [3.63, 3.8) is 0 Å². The van der Waals surface area contributed by atoms with Gasteiger partial charge in [0.15, 0.2) is 0 Å². The van der Waals surface area contributed by atoms with E-state index < -0.39 is 6.10 Å². The summed E-state index contributed by atoms with van der Waals surface area (Å²) >= 11 is 0. The smallest absolute Gasteiger partial charge is 0.230 e. The predicted octanol–water partition coefficient (Wildman–Crippen LogP) is 1.83. The third-order valence-electron chi connectivity index (χ3n) is 3.52. The van der Waals surface area contributed by atoms with E-state index in [4.69, 9.17) is 4.42 Å². The molecule has 1 aliphatic heterocycles. The normalized spacial score (nSPS) is 23.4. The molecular weight excluding hydrogens is 261 g/mol. The molecule has 2 atom stereocenters. The highest BCUT2D eigenvalue weighted by Crippen LogP contribution is 2.33. The van der Waals surface area contributed by atoms with Gasteiger partial charge in [0.2, 0.25) is 11.8 Å². The predicted molar refractivity (Wildman–Crippen MR) is 69.2 cm³/mol. The Balaban J connectivity index is 1.81. The van der Waals surface area contributed by atoms with Crippen LogP contribution in [0.4, 0.5) is 4.39 Å². The van der Waals surface area contributed by atoms with Crippen molar-refractivity contribution in [3.8, 4) is 0 Å². The molecule has 0 aliphatic carbocycles. The molecule has 0 saturated carbocycles. The molecule has 2 heterocycles. The molecule has 106 valence electrons. The van der Waals surface area contributed by atoms with Crippen molar-refractivity contribution in [1.29, 1.82) is 0 Å². The summed E-state index contributed by atoms with van der Waals surface area (Å²) in [5, 5.41) is 17.6. The van der Waals surface area contributed by atoms with Crippen LogP contribution in [0, 0.1) is 12.7 Å². The first kappa shape index (κ1) is 13.2. The lowest BCUT2D eigenvalue weighted by Gasteiger charge is -2.22. The molecule has 1 fully saturated rings. The molecule has 5 nitrogen and oxygen atoms in total. The molecule has 3 rings (SSSR count). The summed E-state index contributed by atoms with van der Waals surface area (Å²) < 4.78 is 18.7. The summed E-state index contributed by atoms with van der Waals surface area (Å²) in [6.07, 6.45) is 0.156. The molecule has 1 saturated heterocycles. The van der Waals surface area contributed by atoms with E-state index in [9.17, 15) is 9.50 Å². The quantitative estimate of drug-likeness (QED) is 0.927. The van der Waals surface area contributed by atoms with E-state index in [0.717, 1.165) is 5.56 Å². The van der Waals surface area contributed by atoms with Crippen LogP contribution in [0.3, 0.4) is 0 Å². The van der Waals surface area contributed by atoms with E-state index in [-0.39, 0.29) is 11.9 Å². The van der Waals surface area contributed by atoms with Gasteiger partial charge in [0.25, 0.3) is 0 Å². The van der Waals surface area contributed by atoms with Crippen molar-refractivity contribution in [2.24, 2.45) is 0 Å². The lowest BCUT2D eigenvalue weighted by molar-refractivity contribution is 0.167. The lowest BCUT2D eigenvalue weighted by atomic mass is 10.0. The molecule has 1 aliphatic rings. The molecule has 6 heteroatoms. The average molecular weight is 277 g/mol. The number of aliphatic hydroxyl groups is 1. The number of hydrogen-bond acceptors (Lipinski definition) is 5. The van der Waals surface area contributed by atoms with Crippen LogP contribution >= 0.6 is 0 Å². The van der Waals surface area contributed by atoms with Gasteiger partial charge in [-0.3, -0.25) is 4.90 Å². The zero-order valence-corrected chi connectivity index (χ0v) is 11.2. The van der Waals surface area contributed by atoms with Gasteiger partial charge in [-0.05, 0) is 24.1 Å². The van der Waals surface area contributed by atoms with Crippen LogP contribution in [0.2, 0.25) is 0 Å². The number of aryl methyl sites for hydroxylation is 1. The monoisotopic (exact) mass is 277 g/mol. The van der Waals surface area contributed by atoms with Crippen LogP contribution in [0.5, 0.6) is 0 Å². The Morgan fingerprint density at radius 1 is 1.45 bits per heavy atom. The zero-order valence-electron chi connectivity index (χ0n) is 11.2. The Hall–Kier alpha value is -1.79. The zero-order chi connectivity index (χ0) is 14.1. The number of rotatable bonds is 3. The van der Waals surface area contributed by atoms with Crippen LogP contribution in [0.15, 0.2) is 28.7 Å². The number of benzene rings is 1. The van der Waals surface area contributed by atoms with Crippen molar-refractivity contribution in [2.45, 2.75) is 32.0 Å². The third-order valence-corrected chi connectivity index (χ3v) is 3.52. The van der Waals surface area contributed by atoms with Gasteiger partial charge < -0.3 is 9.52 Å². The Kier molecular flexibility index (Phi) is 3.50. The fourth-order valence-corrected chi connectivity index (χ4v) is 2.69. The highest BCUT2D eigenvalue weighted by atomic mass is 19.1. The summed E-state index contributed by atoms with van der Waals surface area (Å²) in [4.78, 5) is 2.03. The van der Waals surface area contributed by atoms with E-state index in [1.165, 1.54) is 12.1 Å². The lowest BCUT2D eigenvalue weighted by Crippen LogP contribution is -2.24. The van der Waals surface area contributed by atoms with Crippen LogP contribution in [0.1, 0.15) is 29.8 Å². The number of β-amino-alcohol motifs (C(OH)–C–C–N with tert-alkyl or cyclic N) is 1. The second-order valence-electron chi connectivity index (χ2n) is 5.10. The van der Waals surface area contributed by atoms with Crippen LogP contribution in [-0.4, -0.2) is 32.9 Å². The molecule has 1 aromatic carbocycles. The van der Waals surface area contributed by atoms with Crippen LogP contribution in [-0.2, 0) is 6.54 Å². The molecule has 1 N–H and O–H groups in total. The highest BCUT2D eigenvalue weighted by molar-refractivity contribution is 5.21. The van der Waals surface area contributed by atoms with Gasteiger partial charge >= 0.3 is 0 Å². The molecular formula is C14H16FN3O2. The number of aliphatic hydroxyl groups excluding tert-OH is 1. The van der Waals surface area contributed by atoms with E-state index >= 15 is 0 Å². The minimum atomic E-state index is -0.424. The second-order valence-corrected chi connectivity index (χ2v) is 5.10. The summed E-state index contributed by atoms with van der Waals surface area (Å²) in [5.74, 6) is 0.762. The fourth-order valence-electron chi connectivity index (χ4n) is 2.69. The van der Waals surface area contributed by atoms with E-state index in [1.807, 2.05) is 11.0 Å². The van der Waals surface area contributed by atoms with Gasteiger partial charge in [-0.15, -0.1) is 10.2 Å². The standard InChI is InChI=1S/C14H16FN3O2/c1-9-16-17-14(20-9)8-18-7-12(19)6-13(18)10-3-2-4-11(15)5-10/h2-5,12-13,19H,6-8H2,1H3. The van der Waals surface area contributed by atoms with Crippen molar-refractivity contribution in [2.75, 3.05) is 6.54 Å². The van der Waals surface area contributed by atoms with Crippen molar-refractivity contribution in [1.82, 2.24) is 15.1 Å². The first-order chi connectivity index (χ1) is 9.61. The third kappa shape index (κ3) is 2.71. The molecule has 0 radical (unpaired) electrons. The van der Waals surface area contributed by atoms with Crippen molar-refractivity contribution < 1.29 is 13.9 Å². The molecule has 2 aromatic rings. The van der Waals surface area contributed by atoms with E-state index in [2.05, 4.69) is 10.2 Å². The van der Waals surface area contributed by atoms with Crippen LogP contribution < -0.4 is 0 Å². The Labute approximate surface area is 116 Å². The van der Waals surface area contributed by atoms with Crippen molar-refractivity contribution >= 4 is 0 Å². The van der Waals surface area contributed by atoms with Gasteiger partial charge in [0, 0.05) is 19.5 Å². The maximum absolute atomic E-state index is 13.4. The maximum Gasteiger partial charge on any atom is 0.230 e. The van der Waals surface area contributed by atoms with Gasteiger partial charge in [-0.2, -0.15) is 0 Å². The van der Waals surface area contributed by atoms with E-state index in [1.54, 1.807) is 13.0 Å². The number of hydrogen-bond donors (Lipinski definition) is 1. The number of nitrogens with zero attached hydrogens (tertiary/aromatic N) is 3. The van der Waals surface area contributed by atoms with Gasteiger partial charge in [-0.25, -0.2) is 4.39 Å². The Morgan fingerprint density at radius 2 is 2.30 bits per heavy atom. The molecule has 1 aromatic heterocycles. The first-order valence-corrected chi connectivity index (χ1v) is 6.58. The molecule has 0 bridgehead atoms. The van der Waals surface area contributed by atoms with Crippen molar-refractivity contribution in [3.05, 3.63) is 47.4 Å². The number of aromatic nitrogens is 2. The summed E-state index contributed by atoms with van der Waals surface area (Å²) in [5.41, 5.74) is 0.859. The average Bonchev–Trinajstić information content (AvgIpc) is 2.96. The molecule has 0 spiro atoms. The van der Waals surface area contributed by atoms with E-state index in [0.29, 0.717) is 31.3 Å². The number of halogens is 1. The largest absolute Gasteiger partial charge is 0.424 e. The maximum atomic E-state index is 13.4. The molecule has 0 amide bonds. The summed E-state index contributed by atoms with van der Waals surface area (Å²) in [6, 6.07) is 6.45. The molecule has 20 heavy (non-hydrogen) atoms. The molecule has 2 unspecified atom stereocenters. The topological polar surface area (TPSA) is 62.4 Å². The fraction of sp³-hybridized carbons (Fsp3) is 0.429. The summed E-state index contributed by atoms with van der Waals surface area (Å²) in [7, 11) is 0. The highest BCUT2D eigenvalue weighted by Gasteiger charge is 2.33. The number of likely N-dealkylation sites (tertiary alicyclic amines) is 1. The second kappa shape index (κ2) is 5.30. The minimum absolute atomic E-state index is 0.0343. The minimum Gasteiger partial charge on any atom is -0.424 e. The van der Waals surface area contributed by atoms with Gasteiger partial charge in [-0.1, -0.05) is 12.1 Å².